The van der Waals surface area contributed by atoms with Gasteiger partial charge in [0.15, 0.2) is 0 Å². The SMILES string of the molecule is O=C(C=Cc1ccc(Br)cc1)NC1CCCC1C(=O)O. The number of amides is 1. The number of hydrogen-bond donors (Lipinski definition) is 2. The zero-order chi connectivity index (χ0) is 14.5. The molecular weight excluding hydrogens is 322 g/mol. The Morgan fingerprint density at radius 2 is 1.95 bits per heavy atom. The number of nitrogens with one attached hydrogen (secondary N) is 1. The summed E-state index contributed by atoms with van der Waals surface area (Å²) in [6.07, 6.45) is 5.37. The average molecular weight is 338 g/mol. The van der Waals surface area contributed by atoms with Crippen LogP contribution in [0.15, 0.2) is 34.8 Å². The Morgan fingerprint density at radius 1 is 1.25 bits per heavy atom. The van der Waals surface area contributed by atoms with Gasteiger partial charge in [0, 0.05) is 16.6 Å². The van der Waals surface area contributed by atoms with Crippen LogP contribution in [-0.2, 0) is 9.59 Å². The fourth-order valence-electron chi connectivity index (χ4n) is 2.41. The van der Waals surface area contributed by atoms with Crippen molar-refractivity contribution in [3.05, 3.63) is 40.4 Å². The molecule has 5 heteroatoms. The Kier molecular flexibility index (Phi) is 4.95. The van der Waals surface area contributed by atoms with Gasteiger partial charge < -0.3 is 10.4 Å². The van der Waals surface area contributed by atoms with Crippen LogP contribution in [0.3, 0.4) is 0 Å². The third kappa shape index (κ3) is 3.93. The molecule has 0 aromatic heterocycles. The predicted octanol–water partition coefficient (Wildman–Crippen LogP) is 2.83. The van der Waals surface area contributed by atoms with E-state index in [-0.39, 0.29) is 11.9 Å². The number of carbonyl (C=O) groups is 2. The van der Waals surface area contributed by atoms with Crippen molar-refractivity contribution in [3.8, 4) is 0 Å². The van der Waals surface area contributed by atoms with Gasteiger partial charge in [0.2, 0.25) is 5.91 Å². The lowest BCUT2D eigenvalue weighted by molar-refractivity contribution is -0.142. The number of carbonyl (C=O) groups excluding carboxylic acids is 1. The van der Waals surface area contributed by atoms with Crippen LogP contribution in [-0.4, -0.2) is 23.0 Å². The first-order chi connectivity index (χ1) is 9.56. The van der Waals surface area contributed by atoms with Gasteiger partial charge in [-0.25, -0.2) is 0 Å². The molecule has 2 unspecified atom stereocenters. The number of rotatable bonds is 4. The van der Waals surface area contributed by atoms with Crippen molar-refractivity contribution < 1.29 is 14.7 Å². The maximum absolute atomic E-state index is 11.8. The molecule has 0 aliphatic heterocycles. The van der Waals surface area contributed by atoms with Gasteiger partial charge in [-0.3, -0.25) is 9.59 Å². The molecule has 1 aromatic carbocycles. The van der Waals surface area contributed by atoms with Crippen LogP contribution in [0.25, 0.3) is 6.08 Å². The second-order valence-electron chi connectivity index (χ2n) is 4.88. The topological polar surface area (TPSA) is 66.4 Å². The van der Waals surface area contributed by atoms with E-state index in [1.54, 1.807) is 6.08 Å². The smallest absolute Gasteiger partial charge is 0.308 e. The van der Waals surface area contributed by atoms with E-state index in [0.717, 1.165) is 22.9 Å². The highest BCUT2D eigenvalue weighted by atomic mass is 79.9. The molecule has 0 saturated heterocycles. The molecular formula is C15H16BrNO3. The number of aliphatic carboxylic acids is 1. The molecule has 0 bridgehead atoms. The van der Waals surface area contributed by atoms with Crippen LogP contribution in [0.1, 0.15) is 24.8 Å². The normalized spacial score (nSPS) is 22.1. The summed E-state index contributed by atoms with van der Waals surface area (Å²) in [6, 6.07) is 7.33. The van der Waals surface area contributed by atoms with Crippen molar-refractivity contribution in [2.45, 2.75) is 25.3 Å². The van der Waals surface area contributed by atoms with E-state index >= 15 is 0 Å². The molecule has 1 aliphatic rings. The molecule has 1 fully saturated rings. The van der Waals surface area contributed by atoms with Crippen LogP contribution in [0.2, 0.25) is 0 Å². The fraction of sp³-hybridized carbons (Fsp3) is 0.333. The number of carboxylic acids is 1. The minimum atomic E-state index is -0.829. The van der Waals surface area contributed by atoms with Gasteiger partial charge in [-0.2, -0.15) is 0 Å². The molecule has 106 valence electrons. The maximum Gasteiger partial charge on any atom is 0.308 e. The number of carboxylic acid groups (broad SMARTS) is 1. The summed E-state index contributed by atoms with van der Waals surface area (Å²) in [5, 5.41) is 11.8. The van der Waals surface area contributed by atoms with E-state index in [1.807, 2.05) is 24.3 Å². The maximum atomic E-state index is 11.8. The van der Waals surface area contributed by atoms with Gasteiger partial charge in [-0.15, -0.1) is 0 Å². The van der Waals surface area contributed by atoms with Crippen LogP contribution in [0.4, 0.5) is 0 Å². The van der Waals surface area contributed by atoms with Crippen LogP contribution < -0.4 is 5.32 Å². The van der Waals surface area contributed by atoms with E-state index in [0.29, 0.717) is 6.42 Å². The lowest BCUT2D eigenvalue weighted by atomic mass is 10.0. The summed E-state index contributed by atoms with van der Waals surface area (Å²) >= 11 is 3.34. The molecule has 1 aromatic rings. The van der Waals surface area contributed by atoms with Crippen molar-refractivity contribution in [2.75, 3.05) is 0 Å². The highest BCUT2D eigenvalue weighted by Crippen LogP contribution is 2.25. The molecule has 1 amide bonds. The molecule has 2 N–H and O–H groups in total. The summed E-state index contributed by atoms with van der Waals surface area (Å²) in [5.74, 6) is -1.53. The van der Waals surface area contributed by atoms with Crippen molar-refractivity contribution in [3.63, 3.8) is 0 Å². The average Bonchev–Trinajstić information content (AvgIpc) is 2.86. The van der Waals surface area contributed by atoms with Crippen LogP contribution >= 0.6 is 15.9 Å². The Labute approximate surface area is 126 Å². The quantitative estimate of drug-likeness (QED) is 0.830. The van der Waals surface area contributed by atoms with Gasteiger partial charge in [0.25, 0.3) is 0 Å². The molecule has 2 rings (SSSR count). The van der Waals surface area contributed by atoms with E-state index in [1.165, 1.54) is 6.08 Å². The third-order valence-corrected chi connectivity index (χ3v) is 3.99. The molecule has 0 spiro atoms. The van der Waals surface area contributed by atoms with Gasteiger partial charge in [-0.05, 0) is 36.6 Å². The lowest BCUT2D eigenvalue weighted by Crippen LogP contribution is -2.39. The van der Waals surface area contributed by atoms with E-state index < -0.39 is 11.9 Å². The molecule has 0 radical (unpaired) electrons. The predicted molar refractivity (Wildman–Crippen MR) is 80.1 cm³/mol. The lowest BCUT2D eigenvalue weighted by Gasteiger charge is -2.16. The Balaban J connectivity index is 1.92. The standard InChI is InChI=1S/C15H16BrNO3/c16-11-7-4-10(5-8-11)6-9-14(18)17-13-3-1-2-12(13)15(19)20/h4-9,12-13H,1-3H2,(H,17,18)(H,19,20). The summed E-state index contributed by atoms with van der Waals surface area (Å²) in [7, 11) is 0. The van der Waals surface area contributed by atoms with Crippen molar-refractivity contribution in [1.82, 2.24) is 5.32 Å². The monoisotopic (exact) mass is 337 g/mol. The van der Waals surface area contributed by atoms with E-state index in [4.69, 9.17) is 5.11 Å². The molecule has 0 heterocycles. The Hall–Kier alpha value is -1.62. The van der Waals surface area contributed by atoms with Crippen LogP contribution in [0.5, 0.6) is 0 Å². The first-order valence-corrected chi connectivity index (χ1v) is 7.32. The van der Waals surface area contributed by atoms with Crippen molar-refractivity contribution >= 4 is 33.9 Å². The van der Waals surface area contributed by atoms with Gasteiger partial charge in [0.1, 0.15) is 0 Å². The fourth-order valence-corrected chi connectivity index (χ4v) is 2.67. The Bertz CT molecular complexity index is 524. The second kappa shape index (κ2) is 6.70. The molecule has 1 saturated carbocycles. The first kappa shape index (κ1) is 14.8. The Morgan fingerprint density at radius 3 is 2.60 bits per heavy atom. The highest BCUT2D eigenvalue weighted by molar-refractivity contribution is 9.10. The summed E-state index contributed by atoms with van der Waals surface area (Å²) in [5.41, 5.74) is 0.921. The van der Waals surface area contributed by atoms with Crippen molar-refractivity contribution in [2.24, 2.45) is 5.92 Å². The summed E-state index contributed by atoms with van der Waals surface area (Å²) in [6.45, 7) is 0. The largest absolute Gasteiger partial charge is 0.481 e. The van der Waals surface area contributed by atoms with Gasteiger partial charge >= 0.3 is 5.97 Å². The van der Waals surface area contributed by atoms with E-state index in [2.05, 4.69) is 21.2 Å². The zero-order valence-corrected chi connectivity index (χ0v) is 12.5. The molecule has 20 heavy (non-hydrogen) atoms. The second-order valence-corrected chi connectivity index (χ2v) is 5.79. The van der Waals surface area contributed by atoms with Gasteiger partial charge in [0.05, 0.1) is 5.92 Å². The zero-order valence-electron chi connectivity index (χ0n) is 10.9. The minimum Gasteiger partial charge on any atom is -0.481 e. The summed E-state index contributed by atoms with van der Waals surface area (Å²) in [4.78, 5) is 22.8. The molecule has 2 atom stereocenters. The van der Waals surface area contributed by atoms with Crippen LogP contribution in [0, 0.1) is 5.92 Å². The molecule has 1 aliphatic carbocycles. The number of hydrogen-bond acceptors (Lipinski definition) is 2. The third-order valence-electron chi connectivity index (χ3n) is 3.46. The van der Waals surface area contributed by atoms with Gasteiger partial charge in [-0.1, -0.05) is 34.5 Å². The first-order valence-electron chi connectivity index (χ1n) is 6.53. The number of benzene rings is 1. The number of halogens is 1. The summed E-state index contributed by atoms with van der Waals surface area (Å²) < 4.78 is 0.981. The molecule has 4 nitrogen and oxygen atoms in total. The van der Waals surface area contributed by atoms with Crippen molar-refractivity contribution in [1.29, 1.82) is 0 Å². The minimum absolute atomic E-state index is 0.244. The highest BCUT2D eigenvalue weighted by Gasteiger charge is 2.33. The van der Waals surface area contributed by atoms with E-state index in [9.17, 15) is 9.59 Å².